The standard InChI is InChI=1S/C8H13NO2S/c1-5-3-4-8(2,12-5)6(9)7(10)11/h3,6H,4,9H2,1-2H3,(H,10,11). The van der Waals surface area contributed by atoms with Gasteiger partial charge in [0, 0.05) is 4.75 Å². The summed E-state index contributed by atoms with van der Waals surface area (Å²) >= 11 is 1.56. The smallest absolute Gasteiger partial charge is 0.321 e. The summed E-state index contributed by atoms with van der Waals surface area (Å²) in [6, 6.07) is -0.781. The molecule has 0 aliphatic carbocycles. The molecule has 1 aliphatic rings. The SMILES string of the molecule is CC1=CCC(C)(C(N)C(=O)O)S1. The van der Waals surface area contributed by atoms with Gasteiger partial charge in [0.25, 0.3) is 0 Å². The fraction of sp³-hybridized carbons (Fsp3) is 0.625. The van der Waals surface area contributed by atoms with E-state index in [0.717, 1.165) is 11.3 Å². The average Bonchev–Trinajstić information content (AvgIpc) is 2.31. The van der Waals surface area contributed by atoms with Crippen LogP contribution in [0.2, 0.25) is 0 Å². The Bertz CT molecular complexity index is 239. The highest BCUT2D eigenvalue weighted by Crippen LogP contribution is 2.43. The number of carboxylic acids is 1. The first-order valence-corrected chi connectivity index (χ1v) is 4.61. The Morgan fingerprint density at radius 3 is 2.83 bits per heavy atom. The van der Waals surface area contributed by atoms with Gasteiger partial charge >= 0.3 is 5.97 Å². The van der Waals surface area contributed by atoms with E-state index in [9.17, 15) is 4.79 Å². The van der Waals surface area contributed by atoms with Gasteiger partial charge in [-0.25, -0.2) is 0 Å². The molecule has 68 valence electrons. The largest absolute Gasteiger partial charge is 0.480 e. The van der Waals surface area contributed by atoms with Crippen LogP contribution in [0, 0.1) is 0 Å². The fourth-order valence-corrected chi connectivity index (χ4v) is 2.55. The summed E-state index contributed by atoms with van der Waals surface area (Å²) in [5.41, 5.74) is 5.56. The fourth-order valence-electron chi connectivity index (χ4n) is 1.25. The second kappa shape index (κ2) is 3.11. The van der Waals surface area contributed by atoms with E-state index in [0.29, 0.717) is 0 Å². The molecule has 0 aromatic carbocycles. The lowest BCUT2D eigenvalue weighted by molar-refractivity contribution is -0.139. The van der Waals surface area contributed by atoms with Crippen LogP contribution in [0.15, 0.2) is 11.0 Å². The predicted molar refractivity (Wildman–Crippen MR) is 50.0 cm³/mol. The van der Waals surface area contributed by atoms with Crippen molar-refractivity contribution in [2.45, 2.75) is 31.1 Å². The van der Waals surface area contributed by atoms with Gasteiger partial charge in [-0.3, -0.25) is 4.79 Å². The molecule has 0 fully saturated rings. The van der Waals surface area contributed by atoms with Crippen molar-refractivity contribution >= 4 is 17.7 Å². The minimum absolute atomic E-state index is 0.351. The summed E-state index contributed by atoms with van der Waals surface area (Å²) in [5.74, 6) is -0.923. The molecule has 4 heteroatoms. The maximum atomic E-state index is 10.6. The molecule has 0 aromatic rings. The van der Waals surface area contributed by atoms with Crippen LogP contribution in [0.4, 0.5) is 0 Å². The van der Waals surface area contributed by atoms with E-state index < -0.39 is 12.0 Å². The molecule has 0 amide bonds. The van der Waals surface area contributed by atoms with Crippen molar-refractivity contribution in [3.63, 3.8) is 0 Å². The number of rotatable bonds is 2. The monoisotopic (exact) mass is 187 g/mol. The van der Waals surface area contributed by atoms with Gasteiger partial charge in [0.15, 0.2) is 0 Å². The second-order valence-electron chi connectivity index (χ2n) is 3.25. The highest BCUT2D eigenvalue weighted by atomic mass is 32.2. The van der Waals surface area contributed by atoms with Gasteiger partial charge in [-0.1, -0.05) is 6.08 Å². The highest BCUT2D eigenvalue weighted by molar-refractivity contribution is 8.04. The summed E-state index contributed by atoms with van der Waals surface area (Å²) in [6.45, 7) is 3.87. The summed E-state index contributed by atoms with van der Waals surface area (Å²) in [5, 5.41) is 8.73. The maximum absolute atomic E-state index is 10.6. The number of allylic oxidation sites excluding steroid dienone is 2. The molecular weight excluding hydrogens is 174 g/mol. The van der Waals surface area contributed by atoms with Gasteiger partial charge in [-0.05, 0) is 25.2 Å². The van der Waals surface area contributed by atoms with Gasteiger partial charge < -0.3 is 10.8 Å². The van der Waals surface area contributed by atoms with Crippen LogP contribution < -0.4 is 5.73 Å². The molecule has 1 heterocycles. The number of hydrogen-bond donors (Lipinski definition) is 2. The zero-order valence-corrected chi connectivity index (χ0v) is 8.02. The Labute approximate surface area is 76.0 Å². The zero-order valence-electron chi connectivity index (χ0n) is 7.20. The van der Waals surface area contributed by atoms with Crippen LogP contribution in [0.3, 0.4) is 0 Å². The number of thioether (sulfide) groups is 1. The van der Waals surface area contributed by atoms with Gasteiger partial charge in [0.1, 0.15) is 6.04 Å². The van der Waals surface area contributed by atoms with E-state index in [1.165, 1.54) is 0 Å². The molecule has 3 N–H and O–H groups in total. The first kappa shape index (κ1) is 9.61. The predicted octanol–water partition coefficient (Wildman–Crippen LogP) is 1.20. The quantitative estimate of drug-likeness (QED) is 0.681. The number of nitrogens with two attached hydrogens (primary N) is 1. The lowest BCUT2D eigenvalue weighted by Crippen LogP contribution is -2.47. The molecule has 0 radical (unpaired) electrons. The third-order valence-corrected chi connectivity index (χ3v) is 3.49. The number of aliphatic carboxylic acids is 1. The summed E-state index contributed by atoms with van der Waals surface area (Å²) in [7, 11) is 0. The first-order chi connectivity index (χ1) is 5.46. The van der Waals surface area contributed by atoms with E-state index in [4.69, 9.17) is 10.8 Å². The Balaban J connectivity index is 2.70. The molecule has 1 aliphatic heterocycles. The second-order valence-corrected chi connectivity index (χ2v) is 5.03. The number of carbonyl (C=O) groups is 1. The van der Waals surface area contributed by atoms with Crippen molar-refractivity contribution < 1.29 is 9.90 Å². The Morgan fingerprint density at radius 1 is 1.92 bits per heavy atom. The minimum atomic E-state index is -0.923. The lowest BCUT2D eigenvalue weighted by atomic mass is 9.98. The number of hydrogen-bond acceptors (Lipinski definition) is 3. The Kier molecular flexibility index (Phi) is 2.49. The molecule has 0 aromatic heterocycles. The van der Waals surface area contributed by atoms with Crippen LogP contribution >= 0.6 is 11.8 Å². The third kappa shape index (κ3) is 1.64. The normalized spacial score (nSPS) is 31.4. The van der Waals surface area contributed by atoms with E-state index >= 15 is 0 Å². The lowest BCUT2D eigenvalue weighted by Gasteiger charge is -2.27. The van der Waals surface area contributed by atoms with Gasteiger partial charge in [-0.2, -0.15) is 0 Å². The van der Waals surface area contributed by atoms with Crippen LogP contribution in [0.25, 0.3) is 0 Å². The van der Waals surface area contributed by atoms with Gasteiger partial charge in [0.05, 0.1) is 0 Å². The molecule has 2 unspecified atom stereocenters. The molecule has 0 bridgehead atoms. The van der Waals surface area contributed by atoms with Crippen molar-refractivity contribution in [2.24, 2.45) is 5.73 Å². The minimum Gasteiger partial charge on any atom is -0.480 e. The van der Waals surface area contributed by atoms with E-state index in [1.54, 1.807) is 11.8 Å². The molecule has 12 heavy (non-hydrogen) atoms. The average molecular weight is 187 g/mol. The van der Waals surface area contributed by atoms with E-state index in [2.05, 4.69) is 0 Å². The van der Waals surface area contributed by atoms with Crippen molar-refractivity contribution in [3.8, 4) is 0 Å². The molecule has 0 saturated carbocycles. The van der Waals surface area contributed by atoms with Crippen LogP contribution in [0.5, 0.6) is 0 Å². The highest BCUT2D eigenvalue weighted by Gasteiger charge is 2.39. The van der Waals surface area contributed by atoms with Crippen LogP contribution in [0.1, 0.15) is 20.3 Å². The first-order valence-electron chi connectivity index (χ1n) is 3.80. The summed E-state index contributed by atoms with van der Waals surface area (Å²) < 4.78 is -0.351. The topological polar surface area (TPSA) is 63.3 Å². The molecule has 0 saturated heterocycles. The van der Waals surface area contributed by atoms with E-state index in [1.807, 2.05) is 19.9 Å². The van der Waals surface area contributed by atoms with Crippen molar-refractivity contribution in [1.82, 2.24) is 0 Å². The van der Waals surface area contributed by atoms with Crippen molar-refractivity contribution in [3.05, 3.63) is 11.0 Å². The van der Waals surface area contributed by atoms with Crippen molar-refractivity contribution in [1.29, 1.82) is 0 Å². The molecule has 1 rings (SSSR count). The zero-order chi connectivity index (χ0) is 9.35. The third-order valence-electron chi connectivity index (χ3n) is 2.11. The summed E-state index contributed by atoms with van der Waals surface area (Å²) in [6.07, 6.45) is 2.78. The summed E-state index contributed by atoms with van der Waals surface area (Å²) in [4.78, 5) is 11.8. The Morgan fingerprint density at radius 2 is 2.50 bits per heavy atom. The van der Waals surface area contributed by atoms with Gasteiger partial charge in [-0.15, -0.1) is 11.8 Å². The van der Waals surface area contributed by atoms with E-state index in [-0.39, 0.29) is 4.75 Å². The van der Waals surface area contributed by atoms with Crippen LogP contribution in [-0.2, 0) is 4.79 Å². The molecular formula is C8H13NO2S. The van der Waals surface area contributed by atoms with Crippen LogP contribution in [-0.4, -0.2) is 21.9 Å². The maximum Gasteiger partial charge on any atom is 0.321 e. The molecule has 0 spiro atoms. The Hall–Kier alpha value is -0.480. The molecule has 3 nitrogen and oxygen atoms in total. The van der Waals surface area contributed by atoms with Crippen molar-refractivity contribution in [2.75, 3.05) is 0 Å². The number of carboxylic acid groups (broad SMARTS) is 1. The molecule has 2 atom stereocenters. The van der Waals surface area contributed by atoms with Gasteiger partial charge in [0.2, 0.25) is 0 Å².